The van der Waals surface area contributed by atoms with E-state index in [4.69, 9.17) is 5.10 Å². The Labute approximate surface area is 125 Å². The number of para-hydroxylation sites is 1. The van der Waals surface area contributed by atoms with Crippen LogP contribution in [0.15, 0.2) is 60.8 Å². The van der Waals surface area contributed by atoms with Gasteiger partial charge in [-0.2, -0.15) is 4.68 Å². The van der Waals surface area contributed by atoms with Gasteiger partial charge in [-0.25, -0.2) is 0 Å². The highest BCUT2D eigenvalue weighted by molar-refractivity contribution is 5.57. The van der Waals surface area contributed by atoms with Crippen LogP contribution in [-0.2, 0) is 0 Å². The van der Waals surface area contributed by atoms with E-state index in [2.05, 4.69) is 68.0 Å². The van der Waals surface area contributed by atoms with Gasteiger partial charge in [-0.1, -0.05) is 48.0 Å². The van der Waals surface area contributed by atoms with Crippen molar-refractivity contribution in [2.45, 2.75) is 26.8 Å². The Balaban J connectivity index is 2.11. The molecule has 0 aliphatic heterocycles. The second kappa shape index (κ2) is 5.52. The summed E-state index contributed by atoms with van der Waals surface area (Å²) in [7, 11) is 0. The average molecular weight is 278 g/mol. The fraction of sp³-hybridized carbons (Fsp3) is 0.222. The molecule has 3 rings (SSSR count). The standard InChI is InChI=1S/C18H20N3/c1-14(2)20-13-18(16-11-9-15(3)10-12-16)19-21(20)17-7-5-4-6-8-17/h4-14H,1-3H3/q+1. The molecule has 0 fully saturated rings. The maximum Gasteiger partial charge on any atom is 0.249 e. The Morgan fingerprint density at radius 3 is 2.24 bits per heavy atom. The number of aryl methyl sites for hydroxylation is 1. The molecule has 0 aliphatic carbocycles. The number of hydrogen-bond acceptors (Lipinski definition) is 1. The third-order valence-corrected chi connectivity index (χ3v) is 3.54. The van der Waals surface area contributed by atoms with E-state index in [0.29, 0.717) is 6.04 Å². The van der Waals surface area contributed by atoms with Crippen LogP contribution in [0.3, 0.4) is 0 Å². The molecule has 3 heteroatoms. The first-order valence-electron chi connectivity index (χ1n) is 7.29. The molecule has 2 aromatic carbocycles. The Kier molecular flexibility index (Phi) is 3.57. The number of benzene rings is 2. The smallest absolute Gasteiger partial charge is 0.153 e. The highest BCUT2D eigenvalue weighted by Gasteiger charge is 2.21. The Morgan fingerprint density at radius 2 is 1.62 bits per heavy atom. The minimum absolute atomic E-state index is 0.344. The Morgan fingerprint density at radius 1 is 0.952 bits per heavy atom. The summed E-state index contributed by atoms with van der Waals surface area (Å²) in [5.74, 6) is 0. The first-order chi connectivity index (χ1) is 10.1. The summed E-state index contributed by atoms with van der Waals surface area (Å²) in [5.41, 5.74) is 4.47. The fourth-order valence-electron chi connectivity index (χ4n) is 2.34. The van der Waals surface area contributed by atoms with Gasteiger partial charge in [0.1, 0.15) is 11.7 Å². The lowest BCUT2D eigenvalue weighted by atomic mass is 10.1. The summed E-state index contributed by atoms with van der Waals surface area (Å²) < 4.78 is 2.16. The number of rotatable bonds is 3. The minimum Gasteiger partial charge on any atom is -0.153 e. The first-order valence-corrected chi connectivity index (χ1v) is 7.29. The van der Waals surface area contributed by atoms with Crippen LogP contribution in [0, 0.1) is 6.92 Å². The molecule has 1 aromatic heterocycles. The van der Waals surface area contributed by atoms with Crippen LogP contribution in [0.4, 0.5) is 0 Å². The van der Waals surface area contributed by atoms with Crippen molar-refractivity contribution in [3.05, 3.63) is 66.4 Å². The SMILES string of the molecule is Cc1ccc(-c2c[n+](C(C)C)n(-c3ccccc3)n2)cc1. The van der Waals surface area contributed by atoms with Crippen LogP contribution in [0.25, 0.3) is 16.9 Å². The van der Waals surface area contributed by atoms with Crippen LogP contribution >= 0.6 is 0 Å². The van der Waals surface area contributed by atoms with E-state index in [1.54, 1.807) is 0 Å². The summed E-state index contributed by atoms with van der Waals surface area (Å²) in [6.45, 7) is 6.43. The second-order valence-corrected chi connectivity index (χ2v) is 5.58. The molecule has 106 valence electrons. The van der Waals surface area contributed by atoms with Crippen LogP contribution in [0.2, 0.25) is 0 Å². The molecule has 0 saturated carbocycles. The van der Waals surface area contributed by atoms with Gasteiger partial charge in [0.2, 0.25) is 5.69 Å². The average Bonchev–Trinajstić information content (AvgIpc) is 2.94. The molecule has 3 aromatic rings. The molecule has 0 amide bonds. The third-order valence-electron chi connectivity index (χ3n) is 3.54. The lowest BCUT2D eigenvalue weighted by Gasteiger charge is -2.04. The van der Waals surface area contributed by atoms with Gasteiger partial charge in [-0.15, -0.1) is 0 Å². The molecule has 0 atom stereocenters. The van der Waals surface area contributed by atoms with Crippen molar-refractivity contribution in [3.8, 4) is 16.9 Å². The molecule has 0 aliphatic rings. The minimum atomic E-state index is 0.344. The van der Waals surface area contributed by atoms with E-state index >= 15 is 0 Å². The van der Waals surface area contributed by atoms with Gasteiger partial charge in [0.05, 0.1) is 5.10 Å². The highest BCUT2D eigenvalue weighted by Crippen LogP contribution is 2.17. The summed E-state index contributed by atoms with van der Waals surface area (Å²) in [4.78, 5) is 1.97. The van der Waals surface area contributed by atoms with Crippen LogP contribution in [0.1, 0.15) is 25.5 Å². The second-order valence-electron chi connectivity index (χ2n) is 5.58. The van der Waals surface area contributed by atoms with Crippen molar-refractivity contribution in [1.29, 1.82) is 0 Å². The van der Waals surface area contributed by atoms with E-state index in [9.17, 15) is 0 Å². The quantitative estimate of drug-likeness (QED) is 0.669. The molecule has 0 N–H and O–H groups in total. The van der Waals surface area contributed by atoms with Gasteiger partial charge in [0.15, 0.2) is 6.20 Å². The normalized spacial score (nSPS) is 11.0. The summed E-state index contributed by atoms with van der Waals surface area (Å²) >= 11 is 0. The molecular formula is C18H20N3+. The molecule has 0 spiro atoms. The molecule has 21 heavy (non-hydrogen) atoms. The zero-order valence-corrected chi connectivity index (χ0v) is 12.7. The van der Waals surface area contributed by atoms with E-state index in [-0.39, 0.29) is 0 Å². The molecule has 3 nitrogen and oxygen atoms in total. The molecular weight excluding hydrogens is 258 g/mol. The zero-order chi connectivity index (χ0) is 14.8. The van der Waals surface area contributed by atoms with Gasteiger partial charge < -0.3 is 0 Å². The van der Waals surface area contributed by atoms with Crippen LogP contribution in [-0.4, -0.2) is 9.90 Å². The molecule has 1 heterocycles. The van der Waals surface area contributed by atoms with Crippen LogP contribution in [0.5, 0.6) is 0 Å². The maximum atomic E-state index is 4.78. The van der Waals surface area contributed by atoms with Crippen molar-refractivity contribution in [2.24, 2.45) is 0 Å². The van der Waals surface area contributed by atoms with Crippen molar-refractivity contribution in [3.63, 3.8) is 0 Å². The predicted molar refractivity (Wildman–Crippen MR) is 84.3 cm³/mol. The largest absolute Gasteiger partial charge is 0.249 e. The van der Waals surface area contributed by atoms with E-state index in [1.165, 1.54) is 5.56 Å². The van der Waals surface area contributed by atoms with E-state index < -0.39 is 0 Å². The molecule has 0 radical (unpaired) electrons. The maximum absolute atomic E-state index is 4.78. The van der Waals surface area contributed by atoms with E-state index in [0.717, 1.165) is 16.9 Å². The Hall–Kier alpha value is -2.42. The fourth-order valence-corrected chi connectivity index (χ4v) is 2.34. The lowest BCUT2D eigenvalue weighted by molar-refractivity contribution is -0.787. The lowest BCUT2D eigenvalue weighted by Crippen LogP contribution is -2.44. The molecule has 0 bridgehead atoms. The van der Waals surface area contributed by atoms with Gasteiger partial charge in [0, 0.05) is 5.56 Å². The molecule has 0 unspecified atom stereocenters. The summed E-state index contributed by atoms with van der Waals surface area (Å²) in [6.07, 6.45) is 2.11. The van der Waals surface area contributed by atoms with Crippen LogP contribution < -0.4 is 4.68 Å². The monoisotopic (exact) mass is 278 g/mol. The van der Waals surface area contributed by atoms with Crippen molar-refractivity contribution < 1.29 is 4.68 Å². The predicted octanol–water partition coefficient (Wildman–Crippen LogP) is 3.72. The van der Waals surface area contributed by atoms with Gasteiger partial charge in [-0.3, -0.25) is 0 Å². The zero-order valence-electron chi connectivity index (χ0n) is 12.7. The van der Waals surface area contributed by atoms with Gasteiger partial charge in [-0.05, 0) is 37.7 Å². The number of hydrogen-bond donors (Lipinski definition) is 0. The summed E-state index contributed by atoms with van der Waals surface area (Å²) in [5, 5.41) is 4.78. The molecule has 0 saturated heterocycles. The highest BCUT2D eigenvalue weighted by atomic mass is 15.6. The van der Waals surface area contributed by atoms with Crippen molar-refractivity contribution in [1.82, 2.24) is 9.90 Å². The third kappa shape index (κ3) is 2.72. The first kappa shape index (κ1) is 13.6. The van der Waals surface area contributed by atoms with Crippen molar-refractivity contribution in [2.75, 3.05) is 0 Å². The number of nitrogens with zero attached hydrogens (tertiary/aromatic N) is 3. The van der Waals surface area contributed by atoms with Crippen molar-refractivity contribution >= 4 is 0 Å². The number of aromatic nitrogens is 3. The topological polar surface area (TPSA) is 21.7 Å². The van der Waals surface area contributed by atoms with Gasteiger partial charge in [0.25, 0.3) is 0 Å². The summed E-state index contributed by atoms with van der Waals surface area (Å²) in [6, 6.07) is 19.1. The Bertz CT molecular complexity index is 725. The van der Waals surface area contributed by atoms with Gasteiger partial charge >= 0.3 is 0 Å². The van der Waals surface area contributed by atoms with E-state index in [1.807, 2.05) is 23.0 Å².